The Balaban J connectivity index is 1.71. The van der Waals surface area contributed by atoms with Crippen LogP contribution in [0.15, 0.2) is 127 Å². The van der Waals surface area contributed by atoms with E-state index in [9.17, 15) is 4.57 Å². The Bertz CT molecular complexity index is 1300. The molecule has 3 aromatic carbocycles. The summed E-state index contributed by atoms with van der Waals surface area (Å²) in [7, 11) is -3.29. The lowest BCUT2D eigenvalue weighted by atomic mass is 10.1. The van der Waals surface area contributed by atoms with Crippen LogP contribution in [0, 0.1) is 0 Å². The molecule has 0 bridgehead atoms. The molecular weight excluding hydrogens is 411 g/mol. The van der Waals surface area contributed by atoms with Gasteiger partial charge in [-0.3, -0.25) is 0 Å². The van der Waals surface area contributed by atoms with Gasteiger partial charge in [-0.15, -0.1) is 0 Å². The second kappa shape index (κ2) is 8.74. The van der Waals surface area contributed by atoms with E-state index in [1.54, 1.807) is 0 Å². The van der Waals surface area contributed by atoms with Crippen LogP contribution in [0.4, 0.5) is 0 Å². The molecule has 2 aromatic heterocycles. The van der Waals surface area contributed by atoms with Crippen LogP contribution in [-0.4, -0.2) is 9.97 Å². The maximum absolute atomic E-state index is 14.9. The van der Waals surface area contributed by atoms with E-state index in [4.69, 9.17) is 9.97 Å². The fourth-order valence-electron chi connectivity index (χ4n) is 3.76. The Morgan fingerprint density at radius 1 is 0.438 bits per heavy atom. The first-order valence-electron chi connectivity index (χ1n) is 10.5. The molecule has 0 fully saturated rings. The average molecular weight is 432 g/mol. The zero-order chi connectivity index (χ0) is 21.8. The van der Waals surface area contributed by atoms with Crippen molar-refractivity contribution in [3.63, 3.8) is 0 Å². The molecule has 32 heavy (non-hydrogen) atoms. The SMILES string of the molecule is O=P(c1ccccc1)(c1cccc(-c2ccccc2)n1)c1cccc(-c2ccccc2)n1. The van der Waals surface area contributed by atoms with Gasteiger partial charge in [0.05, 0.1) is 11.4 Å². The fourth-order valence-corrected chi connectivity index (χ4v) is 6.20. The lowest BCUT2D eigenvalue weighted by Gasteiger charge is -2.19. The largest absolute Gasteiger partial charge is 0.305 e. The van der Waals surface area contributed by atoms with E-state index in [2.05, 4.69) is 0 Å². The summed E-state index contributed by atoms with van der Waals surface area (Å²) in [5, 5.41) is 0.718. The highest BCUT2D eigenvalue weighted by Crippen LogP contribution is 2.41. The van der Waals surface area contributed by atoms with Crippen molar-refractivity contribution < 1.29 is 4.57 Å². The Morgan fingerprint density at radius 3 is 1.28 bits per heavy atom. The fraction of sp³-hybridized carbons (Fsp3) is 0. The van der Waals surface area contributed by atoms with Gasteiger partial charge in [-0.05, 0) is 24.3 Å². The first-order chi connectivity index (χ1) is 15.7. The van der Waals surface area contributed by atoms with Gasteiger partial charge in [-0.1, -0.05) is 103 Å². The molecule has 0 spiro atoms. The van der Waals surface area contributed by atoms with Crippen molar-refractivity contribution in [3.05, 3.63) is 127 Å². The van der Waals surface area contributed by atoms with Crippen LogP contribution in [0.2, 0.25) is 0 Å². The molecule has 0 amide bonds. The molecule has 0 aliphatic carbocycles. The normalized spacial score (nSPS) is 11.2. The number of benzene rings is 3. The minimum atomic E-state index is -3.29. The summed E-state index contributed by atoms with van der Waals surface area (Å²) in [6, 6.07) is 40.8. The number of nitrogens with zero attached hydrogens (tertiary/aromatic N) is 2. The smallest absolute Gasteiger partial charge is 0.206 e. The van der Waals surface area contributed by atoms with Crippen molar-refractivity contribution in [2.45, 2.75) is 0 Å². The molecule has 0 unspecified atom stereocenters. The van der Waals surface area contributed by atoms with Crippen LogP contribution >= 0.6 is 7.14 Å². The van der Waals surface area contributed by atoms with Gasteiger partial charge < -0.3 is 4.57 Å². The van der Waals surface area contributed by atoms with Gasteiger partial charge >= 0.3 is 0 Å². The molecule has 5 rings (SSSR count). The Morgan fingerprint density at radius 2 is 0.844 bits per heavy atom. The molecule has 0 radical (unpaired) electrons. The summed E-state index contributed by atoms with van der Waals surface area (Å²) in [6.07, 6.45) is 0. The minimum absolute atomic E-state index is 0.530. The third kappa shape index (κ3) is 3.79. The van der Waals surface area contributed by atoms with Crippen molar-refractivity contribution >= 4 is 23.3 Å². The molecule has 0 aliphatic rings. The molecule has 0 saturated carbocycles. The monoisotopic (exact) mass is 432 g/mol. The Kier molecular flexibility index (Phi) is 5.49. The predicted molar refractivity (Wildman–Crippen MR) is 132 cm³/mol. The minimum Gasteiger partial charge on any atom is -0.305 e. The number of hydrogen-bond donors (Lipinski definition) is 0. The van der Waals surface area contributed by atoms with E-state index in [0.29, 0.717) is 10.9 Å². The Hall–Kier alpha value is -3.81. The summed E-state index contributed by atoms with van der Waals surface area (Å²) in [5.41, 5.74) is 4.61. The van der Waals surface area contributed by atoms with E-state index < -0.39 is 7.14 Å². The third-order valence-electron chi connectivity index (χ3n) is 5.37. The van der Waals surface area contributed by atoms with E-state index in [0.717, 1.165) is 27.8 Å². The maximum Gasteiger partial charge on any atom is 0.206 e. The van der Waals surface area contributed by atoms with Gasteiger partial charge in [0.15, 0.2) is 0 Å². The van der Waals surface area contributed by atoms with Gasteiger partial charge in [0, 0.05) is 16.4 Å². The topological polar surface area (TPSA) is 42.9 Å². The zero-order valence-electron chi connectivity index (χ0n) is 17.4. The van der Waals surface area contributed by atoms with Gasteiger partial charge in [0.2, 0.25) is 7.14 Å². The molecule has 0 aliphatic heterocycles. The van der Waals surface area contributed by atoms with Gasteiger partial charge in [0.25, 0.3) is 0 Å². The summed E-state index contributed by atoms with van der Waals surface area (Å²) in [5.74, 6) is 0. The van der Waals surface area contributed by atoms with E-state index >= 15 is 0 Å². The molecule has 3 nitrogen and oxygen atoms in total. The van der Waals surface area contributed by atoms with Crippen LogP contribution in [-0.2, 0) is 4.57 Å². The van der Waals surface area contributed by atoms with Gasteiger partial charge in [0.1, 0.15) is 10.9 Å². The Labute approximate surface area is 187 Å². The number of aromatic nitrogens is 2. The second-order valence-corrected chi connectivity index (χ2v) is 10.1. The van der Waals surface area contributed by atoms with Crippen molar-refractivity contribution in [3.8, 4) is 22.5 Å². The number of pyridine rings is 2. The summed E-state index contributed by atoms with van der Waals surface area (Å²) < 4.78 is 14.9. The molecule has 5 aromatic rings. The van der Waals surface area contributed by atoms with Gasteiger partial charge in [-0.25, -0.2) is 9.97 Å². The predicted octanol–water partition coefficient (Wildman–Crippen LogP) is 5.45. The molecule has 2 heterocycles. The zero-order valence-corrected chi connectivity index (χ0v) is 18.3. The first-order valence-corrected chi connectivity index (χ1v) is 12.2. The molecular formula is C28H21N2OP. The van der Waals surface area contributed by atoms with E-state index in [1.807, 2.05) is 127 Å². The van der Waals surface area contributed by atoms with Crippen LogP contribution in [0.1, 0.15) is 0 Å². The molecule has 0 N–H and O–H groups in total. The van der Waals surface area contributed by atoms with Crippen LogP contribution in [0.3, 0.4) is 0 Å². The van der Waals surface area contributed by atoms with Crippen molar-refractivity contribution in [1.29, 1.82) is 0 Å². The summed E-state index contributed by atoms with van der Waals surface area (Å²) >= 11 is 0. The standard InChI is InChI=1S/C28H21N2OP/c31-32(24-16-8-3-9-17-24,27-20-10-18-25(29-27)22-12-4-1-5-13-22)28-21-11-19-26(30-28)23-14-6-2-7-15-23/h1-21H. The molecule has 0 atom stereocenters. The molecule has 154 valence electrons. The van der Waals surface area contributed by atoms with Crippen molar-refractivity contribution in [1.82, 2.24) is 9.97 Å². The van der Waals surface area contributed by atoms with Gasteiger partial charge in [-0.2, -0.15) is 0 Å². The van der Waals surface area contributed by atoms with Crippen molar-refractivity contribution in [2.75, 3.05) is 0 Å². The third-order valence-corrected chi connectivity index (χ3v) is 8.19. The van der Waals surface area contributed by atoms with Crippen LogP contribution in [0.5, 0.6) is 0 Å². The maximum atomic E-state index is 14.9. The van der Waals surface area contributed by atoms with Crippen LogP contribution < -0.4 is 16.2 Å². The lowest BCUT2D eigenvalue weighted by molar-refractivity contribution is 0.591. The van der Waals surface area contributed by atoms with E-state index in [-0.39, 0.29) is 0 Å². The second-order valence-electron chi connectivity index (χ2n) is 7.44. The van der Waals surface area contributed by atoms with E-state index in [1.165, 1.54) is 0 Å². The lowest BCUT2D eigenvalue weighted by Crippen LogP contribution is -2.29. The number of hydrogen-bond acceptors (Lipinski definition) is 3. The quantitative estimate of drug-likeness (QED) is 0.347. The molecule has 4 heteroatoms. The average Bonchev–Trinajstić information content (AvgIpc) is 2.90. The van der Waals surface area contributed by atoms with Crippen molar-refractivity contribution in [2.24, 2.45) is 0 Å². The number of rotatable bonds is 5. The molecule has 0 saturated heterocycles. The highest BCUT2D eigenvalue weighted by Gasteiger charge is 2.33. The first kappa shape index (κ1) is 20.1. The summed E-state index contributed by atoms with van der Waals surface area (Å²) in [6.45, 7) is 0. The highest BCUT2D eigenvalue weighted by atomic mass is 31.2. The summed E-state index contributed by atoms with van der Waals surface area (Å²) in [4.78, 5) is 9.73. The van der Waals surface area contributed by atoms with Crippen LogP contribution in [0.25, 0.3) is 22.5 Å². The highest BCUT2D eigenvalue weighted by molar-refractivity contribution is 7.84.